The van der Waals surface area contributed by atoms with Crippen LogP contribution in [0.3, 0.4) is 0 Å². The van der Waals surface area contributed by atoms with Crippen LogP contribution in [0, 0.1) is 20.8 Å². The molecule has 23 heavy (non-hydrogen) atoms. The Labute approximate surface area is 134 Å². The minimum absolute atomic E-state index is 0.218. The van der Waals surface area contributed by atoms with Gasteiger partial charge in [0.05, 0.1) is 17.4 Å². The minimum Gasteiger partial charge on any atom is -0.480 e. The second kappa shape index (κ2) is 5.34. The zero-order chi connectivity index (χ0) is 16.8. The molecule has 0 unspecified atom stereocenters. The van der Waals surface area contributed by atoms with Crippen molar-refractivity contribution in [1.82, 2.24) is 13.9 Å². The largest absolute Gasteiger partial charge is 0.480 e. The molecule has 3 aromatic rings. The summed E-state index contributed by atoms with van der Waals surface area (Å²) in [6.45, 7) is 5.42. The third kappa shape index (κ3) is 2.46. The molecule has 120 valence electrons. The predicted molar refractivity (Wildman–Crippen MR) is 87.3 cm³/mol. The lowest BCUT2D eigenvalue weighted by molar-refractivity contribution is 0.401. The highest BCUT2D eigenvalue weighted by Crippen LogP contribution is 2.30. The Bertz CT molecular complexity index is 990. The Balaban J connectivity index is 2.32. The maximum atomic E-state index is 12.9. The van der Waals surface area contributed by atoms with E-state index >= 15 is 0 Å². The normalized spacial score (nSPS) is 11.8. The van der Waals surface area contributed by atoms with Gasteiger partial charge in [-0.15, -0.1) is 0 Å². The first-order chi connectivity index (χ1) is 10.8. The van der Waals surface area contributed by atoms with Crippen LogP contribution in [-0.4, -0.2) is 29.5 Å². The number of benzene rings is 1. The summed E-state index contributed by atoms with van der Waals surface area (Å²) in [5, 5.41) is 0.605. The molecule has 0 aliphatic rings. The van der Waals surface area contributed by atoms with Crippen molar-refractivity contribution in [2.24, 2.45) is 0 Å². The van der Waals surface area contributed by atoms with Crippen LogP contribution in [0.1, 0.15) is 17.0 Å². The fourth-order valence-corrected chi connectivity index (χ4v) is 3.86. The number of methoxy groups -OCH3 is 1. The lowest BCUT2D eigenvalue weighted by atomic mass is 10.2. The van der Waals surface area contributed by atoms with E-state index in [9.17, 15) is 8.42 Å². The third-order valence-corrected chi connectivity index (χ3v) is 5.32. The fraction of sp³-hybridized carbons (Fsp3) is 0.250. The molecule has 0 saturated carbocycles. The van der Waals surface area contributed by atoms with Gasteiger partial charge in [0.1, 0.15) is 5.82 Å². The number of hydrogen-bond donors (Lipinski definition) is 0. The Morgan fingerprint density at radius 1 is 1.04 bits per heavy atom. The van der Waals surface area contributed by atoms with Crippen LogP contribution in [0.5, 0.6) is 5.88 Å². The molecule has 0 atom stereocenters. The molecule has 0 fully saturated rings. The number of nitrogens with zero attached hydrogens (tertiary/aromatic N) is 3. The first-order valence-electron chi connectivity index (χ1n) is 7.07. The molecule has 0 radical (unpaired) electrons. The molecule has 0 saturated heterocycles. The summed E-state index contributed by atoms with van der Waals surface area (Å²) in [6, 6.07) is 6.73. The van der Waals surface area contributed by atoms with Gasteiger partial charge in [-0.05, 0) is 38.5 Å². The van der Waals surface area contributed by atoms with Crippen molar-refractivity contribution in [3.63, 3.8) is 0 Å². The summed E-state index contributed by atoms with van der Waals surface area (Å²) >= 11 is 0. The van der Waals surface area contributed by atoms with E-state index in [2.05, 4.69) is 9.97 Å². The summed E-state index contributed by atoms with van der Waals surface area (Å²) in [5.74, 6) is 0.829. The average molecular weight is 331 g/mol. The summed E-state index contributed by atoms with van der Waals surface area (Å²) in [5.41, 5.74) is 2.07. The van der Waals surface area contributed by atoms with Crippen LogP contribution in [0.15, 0.2) is 35.4 Å². The lowest BCUT2D eigenvalue weighted by Gasteiger charge is -2.08. The highest BCUT2D eigenvalue weighted by Gasteiger charge is 2.23. The number of ether oxygens (including phenoxy) is 1. The first kappa shape index (κ1) is 15.5. The number of fused-ring (bicyclic) bond motifs is 1. The van der Waals surface area contributed by atoms with Crippen LogP contribution >= 0.6 is 0 Å². The SMILES string of the molecule is COc1nc(C)nc2c1c(C)cn2S(=O)(=O)c1ccc(C)cc1. The second-order valence-corrected chi connectivity index (χ2v) is 7.22. The van der Waals surface area contributed by atoms with Crippen molar-refractivity contribution in [1.29, 1.82) is 0 Å². The van der Waals surface area contributed by atoms with E-state index in [1.54, 1.807) is 37.4 Å². The van der Waals surface area contributed by atoms with Crippen LogP contribution in [0.4, 0.5) is 0 Å². The van der Waals surface area contributed by atoms with Crippen molar-refractivity contribution in [2.75, 3.05) is 7.11 Å². The molecule has 0 N–H and O–H groups in total. The van der Waals surface area contributed by atoms with E-state index in [-0.39, 0.29) is 4.90 Å². The number of hydrogen-bond acceptors (Lipinski definition) is 5. The summed E-state index contributed by atoms with van der Waals surface area (Å²) in [7, 11) is -2.23. The zero-order valence-corrected chi connectivity index (χ0v) is 14.2. The van der Waals surface area contributed by atoms with Crippen molar-refractivity contribution in [2.45, 2.75) is 25.7 Å². The molecule has 1 aromatic carbocycles. The predicted octanol–water partition coefficient (Wildman–Crippen LogP) is 2.60. The standard InChI is InChI=1S/C16H17N3O3S/c1-10-5-7-13(8-6-10)23(20,21)19-9-11(2)14-15(19)17-12(3)18-16(14)22-4/h5-9H,1-4H3. The van der Waals surface area contributed by atoms with Crippen molar-refractivity contribution < 1.29 is 13.2 Å². The molecule has 0 aliphatic heterocycles. The van der Waals surface area contributed by atoms with E-state index in [4.69, 9.17) is 4.74 Å². The van der Waals surface area contributed by atoms with Gasteiger partial charge in [0.25, 0.3) is 10.0 Å². The van der Waals surface area contributed by atoms with E-state index in [1.807, 2.05) is 13.8 Å². The molecular weight excluding hydrogens is 314 g/mol. The van der Waals surface area contributed by atoms with Crippen LogP contribution in [0.25, 0.3) is 11.0 Å². The van der Waals surface area contributed by atoms with E-state index in [0.717, 1.165) is 11.1 Å². The Hall–Kier alpha value is -2.41. The summed E-state index contributed by atoms with van der Waals surface area (Å²) in [6.07, 6.45) is 1.55. The zero-order valence-electron chi connectivity index (χ0n) is 13.4. The van der Waals surface area contributed by atoms with E-state index < -0.39 is 10.0 Å². The van der Waals surface area contributed by atoms with Gasteiger partial charge in [0, 0.05) is 6.20 Å². The van der Waals surface area contributed by atoms with Gasteiger partial charge in [0.15, 0.2) is 5.65 Å². The molecule has 0 spiro atoms. The van der Waals surface area contributed by atoms with Crippen molar-refractivity contribution >= 4 is 21.1 Å². The summed E-state index contributed by atoms with van der Waals surface area (Å²) < 4.78 is 32.4. The van der Waals surface area contributed by atoms with Gasteiger partial charge in [-0.2, -0.15) is 4.98 Å². The van der Waals surface area contributed by atoms with Crippen LogP contribution in [0.2, 0.25) is 0 Å². The topological polar surface area (TPSA) is 74.1 Å². The molecule has 6 nitrogen and oxygen atoms in total. The van der Waals surface area contributed by atoms with Gasteiger partial charge < -0.3 is 4.74 Å². The molecule has 0 bridgehead atoms. The molecule has 7 heteroatoms. The van der Waals surface area contributed by atoms with E-state index in [0.29, 0.717) is 22.7 Å². The number of aromatic nitrogens is 3. The quantitative estimate of drug-likeness (QED) is 0.737. The van der Waals surface area contributed by atoms with Crippen LogP contribution < -0.4 is 4.74 Å². The summed E-state index contributed by atoms with van der Waals surface area (Å²) in [4.78, 5) is 8.74. The van der Waals surface area contributed by atoms with E-state index in [1.165, 1.54) is 11.1 Å². The highest BCUT2D eigenvalue weighted by molar-refractivity contribution is 7.90. The lowest BCUT2D eigenvalue weighted by Crippen LogP contribution is -2.13. The molecule has 0 amide bonds. The van der Waals surface area contributed by atoms with Gasteiger partial charge in [-0.1, -0.05) is 17.7 Å². The number of aryl methyl sites for hydroxylation is 3. The molecule has 0 aliphatic carbocycles. The van der Waals surface area contributed by atoms with Crippen molar-refractivity contribution in [3.8, 4) is 5.88 Å². The van der Waals surface area contributed by atoms with Gasteiger partial charge in [0.2, 0.25) is 5.88 Å². The fourth-order valence-electron chi connectivity index (χ4n) is 2.49. The maximum absolute atomic E-state index is 12.9. The number of rotatable bonds is 3. The van der Waals surface area contributed by atoms with Crippen LogP contribution in [-0.2, 0) is 10.0 Å². The third-order valence-electron chi connectivity index (χ3n) is 3.65. The van der Waals surface area contributed by atoms with Gasteiger partial charge in [-0.25, -0.2) is 17.4 Å². The van der Waals surface area contributed by atoms with Gasteiger partial charge in [-0.3, -0.25) is 0 Å². The Morgan fingerprint density at radius 2 is 1.70 bits per heavy atom. The molecule has 2 aromatic heterocycles. The van der Waals surface area contributed by atoms with Gasteiger partial charge >= 0.3 is 0 Å². The minimum atomic E-state index is -3.73. The van der Waals surface area contributed by atoms with Crippen molar-refractivity contribution in [3.05, 3.63) is 47.4 Å². The highest BCUT2D eigenvalue weighted by atomic mass is 32.2. The molecule has 2 heterocycles. The maximum Gasteiger partial charge on any atom is 0.269 e. The average Bonchev–Trinajstić information content (AvgIpc) is 2.84. The monoisotopic (exact) mass is 331 g/mol. The Morgan fingerprint density at radius 3 is 2.30 bits per heavy atom. The smallest absolute Gasteiger partial charge is 0.269 e. The Kier molecular flexibility index (Phi) is 3.60. The molecular formula is C16H17N3O3S. The second-order valence-electron chi connectivity index (χ2n) is 5.40. The molecule has 3 rings (SSSR count). The first-order valence-corrected chi connectivity index (χ1v) is 8.51.